The van der Waals surface area contributed by atoms with Crippen LogP contribution in [0.15, 0.2) is 48.7 Å². The van der Waals surface area contributed by atoms with E-state index in [0.717, 1.165) is 22.3 Å². The van der Waals surface area contributed by atoms with Crippen LogP contribution in [0.5, 0.6) is 0 Å². The molecule has 0 aliphatic rings. The molecular formula is C17H10Cl4N2. The van der Waals surface area contributed by atoms with E-state index in [-0.39, 0.29) is 0 Å². The third-order valence-electron chi connectivity index (χ3n) is 3.29. The van der Waals surface area contributed by atoms with Gasteiger partial charge in [-0.1, -0.05) is 46.4 Å². The van der Waals surface area contributed by atoms with Crippen LogP contribution in [0, 0.1) is 0 Å². The molecule has 1 aromatic heterocycles. The fourth-order valence-corrected chi connectivity index (χ4v) is 3.35. The lowest BCUT2D eigenvalue weighted by Gasteiger charge is -2.10. The number of aromatic nitrogens is 1. The molecule has 0 spiro atoms. The second-order valence-corrected chi connectivity index (χ2v) is 6.72. The van der Waals surface area contributed by atoms with Gasteiger partial charge in [0.2, 0.25) is 0 Å². The third kappa shape index (κ3) is 3.73. The van der Waals surface area contributed by atoms with Crippen molar-refractivity contribution in [2.75, 3.05) is 5.73 Å². The lowest BCUT2D eigenvalue weighted by Crippen LogP contribution is -1.95. The summed E-state index contributed by atoms with van der Waals surface area (Å²) < 4.78 is 0. The number of benzene rings is 2. The average Bonchev–Trinajstić information content (AvgIpc) is 2.45. The molecule has 0 radical (unpaired) electrons. The summed E-state index contributed by atoms with van der Waals surface area (Å²) in [6, 6.07) is 12.5. The molecule has 0 amide bonds. The fourth-order valence-electron chi connectivity index (χ4n) is 2.29. The van der Waals surface area contributed by atoms with Crippen molar-refractivity contribution in [2.24, 2.45) is 0 Å². The van der Waals surface area contributed by atoms with Gasteiger partial charge in [-0.15, -0.1) is 0 Å². The monoisotopic (exact) mass is 382 g/mol. The number of nitrogens with zero attached hydrogens (tertiary/aromatic N) is 1. The second-order valence-electron chi connectivity index (χ2n) is 4.97. The Morgan fingerprint density at radius 1 is 0.609 bits per heavy atom. The van der Waals surface area contributed by atoms with Crippen LogP contribution in [0.2, 0.25) is 20.1 Å². The number of hydrogen-bond donors (Lipinski definition) is 1. The highest BCUT2D eigenvalue weighted by Crippen LogP contribution is 2.34. The van der Waals surface area contributed by atoms with Crippen molar-refractivity contribution in [3.8, 4) is 22.3 Å². The van der Waals surface area contributed by atoms with Crippen molar-refractivity contribution in [3.63, 3.8) is 0 Å². The maximum absolute atomic E-state index is 6.07. The summed E-state index contributed by atoms with van der Waals surface area (Å²) in [6.45, 7) is 0. The third-order valence-corrected chi connectivity index (χ3v) is 4.16. The molecule has 1 heterocycles. The van der Waals surface area contributed by atoms with Crippen LogP contribution in [0.3, 0.4) is 0 Å². The van der Waals surface area contributed by atoms with Gasteiger partial charge in [0.15, 0.2) is 0 Å². The summed E-state index contributed by atoms with van der Waals surface area (Å²) >= 11 is 24.3. The number of rotatable bonds is 2. The Morgan fingerprint density at radius 2 is 1.09 bits per heavy atom. The van der Waals surface area contributed by atoms with Gasteiger partial charge in [0.05, 0.1) is 0 Å². The molecule has 0 bridgehead atoms. The average molecular weight is 384 g/mol. The zero-order valence-electron chi connectivity index (χ0n) is 11.7. The quantitative estimate of drug-likeness (QED) is 0.540. The smallest absolute Gasteiger partial charge is 0.131 e. The molecule has 0 aliphatic carbocycles. The summed E-state index contributed by atoms with van der Waals surface area (Å²) in [6.07, 6.45) is 1.67. The van der Waals surface area contributed by atoms with Gasteiger partial charge in [0, 0.05) is 37.4 Å². The number of anilines is 1. The van der Waals surface area contributed by atoms with Crippen LogP contribution in [0.4, 0.5) is 5.82 Å². The fraction of sp³-hybridized carbons (Fsp3) is 0. The molecule has 2 N–H and O–H groups in total. The predicted octanol–water partition coefficient (Wildman–Crippen LogP) is 6.61. The molecule has 0 atom stereocenters. The van der Waals surface area contributed by atoms with E-state index in [1.54, 1.807) is 30.5 Å². The largest absolute Gasteiger partial charge is 0.383 e. The number of hydrogen-bond acceptors (Lipinski definition) is 2. The van der Waals surface area contributed by atoms with Gasteiger partial charge in [0.1, 0.15) is 5.82 Å². The SMILES string of the molecule is Nc1ncc(-c2cc(Cl)cc(Cl)c2)cc1-c1cc(Cl)cc(Cl)c1. The molecule has 0 saturated heterocycles. The van der Waals surface area contributed by atoms with E-state index in [4.69, 9.17) is 52.1 Å². The summed E-state index contributed by atoms with van der Waals surface area (Å²) in [7, 11) is 0. The molecule has 23 heavy (non-hydrogen) atoms. The Hall–Kier alpha value is -1.45. The molecular weight excluding hydrogens is 374 g/mol. The van der Waals surface area contributed by atoms with Gasteiger partial charge in [-0.25, -0.2) is 4.98 Å². The normalized spacial score (nSPS) is 10.8. The van der Waals surface area contributed by atoms with Crippen LogP contribution < -0.4 is 5.73 Å². The van der Waals surface area contributed by atoms with E-state index in [1.807, 2.05) is 18.2 Å². The first-order chi connectivity index (χ1) is 10.9. The predicted molar refractivity (Wildman–Crippen MR) is 99.6 cm³/mol. The van der Waals surface area contributed by atoms with E-state index in [2.05, 4.69) is 4.98 Å². The molecule has 3 aromatic rings. The van der Waals surface area contributed by atoms with Gasteiger partial charge < -0.3 is 5.73 Å². The zero-order valence-corrected chi connectivity index (χ0v) is 14.7. The molecule has 0 aliphatic heterocycles. The Balaban J connectivity index is 2.16. The van der Waals surface area contributed by atoms with Crippen molar-refractivity contribution in [1.82, 2.24) is 4.98 Å². The van der Waals surface area contributed by atoms with Crippen molar-refractivity contribution < 1.29 is 0 Å². The second kappa shape index (κ2) is 6.58. The van der Waals surface area contributed by atoms with E-state index in [0.29, 0.717) is 25.9 Å². The van der Waals surface area contributed by atoms with Crippen molar-refractivity contribution in [1.29, 1.82) is 0 Å². The lowest BCUT2D eigenvalue weighted by molar-refractivity contribution is 1.33. The summed E-state index contributed by atoms with van der Waals surface area (Å²) in [4.78, 5) is 4.26. The van der Waals surface area contributed by atoms with Gasteiger partial charge in [-0.05, 0) is 53.6 Å². The molecule has 0 unspecified atom stereocenters. The van der Waals surface area contributed by atoms with Crippen LogP contribution in [0.25, 0.3) is 22.3 Å². The Morgan fingerprint density at radius 3 is 1.61 bits per heavy atom. The number of nitrogen functional groups attached to an aromatic ring is 1. The Bertz CT molecular complexity index is 853. The first kappa shape index (κ1) is 16.4. The molecule has 0 fully saturated rings. The van der Waals surface area contributed by atoms with Gasteiger partial charge in [0.25, 0.3) is 0 Å². The molecule has 6 heteroatoms. The summed E-state index contributed by atoms with van der Waals surface area (Å²) in [5.41, 5.74) is 9.24. The highest BCUT2D eigenvalue weighted by Gasteiger charge is 2.10. The van der Waals surface area contributed by atoms with Crippen LogP contribution in [0.1, 0.15) is 0 Å². The van der Waals surface area contributed by atoms with E-state index in [1.165, 1.54) is 0 Å². The topological polar surface area (TPSA) is 38.9 Å². The minimum atomic E-state index is 0.389. The lowest BCUT2D eigenvalue weighted by atomic mass is 10.0. The number of nitrogens with two attached hydrogens (primary N) is 1. The standard InChI is InChI=1S/C17H10Cl4N2/c18-12-1-9(2-13(19)6-12)11-5-16(17(22)23-8-11)10-3-14(20)7-15(21)4-10/h1-8H,(H2,22,23). The van der Waals surface area contributed by atoms with Crippen molar-refractivity contribution >= 4 is 52.2 Å². The number of halogens is 4. The van der Waals surface area contributed by atoms with E-state index in [9.17, 15) is 0 Å². The highest BCUT2D eigenvalue weighted by molar-refractivity contribution is 6.35. The maximum atomic E-state index is 6.07. The molecule has 3 rings (SSSR count). The highest BCUT2D eigenvalue weighted by atomic mass is 35.5. The molecule has 116 valence electrons. The van der Waals surface area contributed by atoms with Gasteiger partial charge in [-0.2, -0.15) is 0 Å². The van der Waals surface area contributed by atoms with Gasteiger partial charge >= 0.3 is 0 Å². The minimum absolute atomic E-state index is 0.389. The minimum Gasteiger partial charge on any atom is -0.383 e. The van der Waals surface area contributed by atoms with E-state index < -0.39 is 0 Å². The van der Waals surface area contributed by atoms with Gasteiger partial charge in [-0.3, -0.25) is 0 Å². The Labute approximate surface area is 153 Å². The van der Waals surface area contributed by atoms with Crippen LogP contribution in [-0.2, 0) is 0 Å². The van der Waals surface area contributed by atoms with Crippen molar-refractivity contribution in [2.45, 2.75) is 0 Å². The van der Waals surface area contributed by atoms with Crippen molar-refractivity contribution in [3.05, 3.63) is 68.8 Å². The van der Waals surface area contributed by atoms with Crippen LogP contribution in [-0.4, -0.2) is 4.98 Å². The molecule has 2 nitrogen and oxygen atoms in total. The first-order valence-corrected chi connectivity index (χ1v) is 8.12. The summed E-state index contributed by atoms with van der Waals surface area (Å²) in [5.74, 6) is 0.389. The summed E-state index contributed by atoms with van der Waals surface area (Å²) in [5, 5.41) is 2.17. The zero-order chi connectivity index (χ0) is 16.6. The molecule has 0 saturated carbocycles. The van der Waals surface area contributed by atoms with Crippen LogP contribution >= 0.6 is 46.4 Å². The van der Waals surface area contributed by atoms with E-state index >= 15 is 0 Å². The first-order valence-electron chi connectivity index (χ1n) is 6.61. The maximum Gasteiger partial charge on any atom is 0.131 e. The molecule has 2 aromatic carbocycles. The number of pyridine rings is 1. The Kier molecular flexibility index (Phi) is 4.69.